The van der Waals surface area contributed by atoms with Gasteiger partial charge in [0.05, 0.1) is 13.2 Å². The van der Waals surface area contributed by atoms with Crippen LogP contribution in [0.5, 0.6) is 0 Å². The van der Waals surface area contributed by atoms with Crippen molar-refractivity contribution in [3.63, 3.8) is 0 Å². The molecule has 0 radical (unpaired) electrons. The summed E-state index contributed by atoms with van der Waals surface area (Å²) in [4.78, 5) is 28.8. The van der Waals surface area contributed by atoms with E-state index in [0.29, 0.717) is 35.3 Å². The molecule has 1 aliphatic rings. The zero-order valence-corrected chi connectivity index (χ0v) is 18.3. The molecule has 0 bridgehead atoms. The second-order valence-electron chi connectivity index (χ2n) is 6.92. The Morgan fingerprint density at radius 1 is 0.677 bits per heavy atom. The van der Waals surface area contributed by atoms with Crippen molar-refractivity contribution < 1.29 is 19.8 Å². The van der Waals surface area contributed by atoms with E-state index in [4.69, 9.17) is 10.2 Å². The Bertz CT molecular complexity index is 1110. The summed E-state index contributed by atoms with van der Waals surface area (Å²) in [6.07, 6.45) is 0. The first-order valence-corrected chi connectivity index (χ1v) is 11.5. The molecule has 3 aromatic carbocycles. The zero-order chi connectivity index (χ0) is 21.8. The van der Waals surface area contributed by atoms with Crippen LogP contribution in [0.25, 0.3) is 0 Å². The highest BCUT2D eigenvalue weighted by atomic mass is 32.2. The van der Waals surface area contributed by atoms with Crippen molar-refractivity contribution in [1.29, 1.82) is 0 Å². The Hall–Kier alpha value is -2.42. The smallest absolute Gasteiger partial charge is 0.195 e. The molecule has 31 heavy (non-hydrogen) atoms. The standard InChI is InChI=1S/C24H21NO4S2/c26-14-12-25(13-15-27)31-17-10-8-16(9-11-17)30-21-7-3-6-20-22(21)24(29)19-5-2-1-4-18(19)23(20)28/h1-11,26-27H,12-15H2. The Morgan fingerprint density at radius 3 is 1.90 bits per heavy atom. The number of rotatable bonds is 8. The van der Waals surface area contributed by atoms with E-state index >= 15 is 0 Å². The first-order chi connectivity index (χ1) is 15.1. The van der Waals surface area contributed by atoms with E-state index in [0.717, 1.165) is 14.7 Å². The lowest BCUT2D eigenvalue weighted by Gasteiger charge is -2.20. The maximum Gasteiger partial charge on any atom is 0.195 e. The molecule has 158 valence electrons. The Morgan fingerprint density at radius 2 is 1.26 bits per heavy atom. The van der Waals surface area contributed by atoms with Crippen molar-refractivity contribution in [1.82, 2.24) is 4.31 Å². The van der Waals surface area contributed by atoms with Crippen LogP contribution in [-0.2, 0) is 0 Å². The summed E-state index contributed by atoms with van der Waals surface area (Å²) in [7, 11) is 0. The minimum atomic E-state index is -0.121. The summed E-state index contributed by atoms with van der Waals surface area (Å²) in [6, 6.07) is 20.2. The fraction of sp³-hybridized carbons (Fsp3) is 0.167. The predicted molar refractivity (Wildman–Crippen MR) is 122 cm³/mol. The minimum absolute atomic E-state index is 0.0237. The van der Waals surface area contributed by atoms with Crippen molar-refractivity contribution in [2.75, 3.05) is 26.3 Å². The highest BCUT2D eigenvalue weighted by molar-refractivity contribution is 7.99. The van der Waals surface area contributed by atoms with E-state index in [1.807, 2.05) is 40.7 Å². The second-order valence-corrected chi connectivity index (χ2v) is 9.21. The van der Waals surface area contributed by atoms with E-state index in [1.165, 1.54) is 23.7 Å². The van der Waals surface area contributed by atoms with Crippen molar-refractivity contribution >= 4 is 35.3 Å². The molecule has 0 saturated heterocycles. The number of carbonyl (C=O) groups excluding carboxylic acids is 2. The Labute approximate surface area is 189 Å². The maximum absolute atomic E-state index is 13.1. The van der Waals surface area contributed by atoms with Gasteiger partial charge in [-0.2, -0.15) is 0 Å². The van der Waals surface area contributed by atoms with Crippen LogP contribution in [0.1, 0.15) is 31.8 Å². The average Bonchev–Trinajstić information content (AvgIpc) is 2.79. The molecule has 0 heterocycles. The van der Waals surface area contributed by atoms with Crippen molar-refractivity contribution in [2.24, 2.45) is 0 Å². The van der Waals surface area contributed by atoms with Gasteiger partial charge in [-0.3, -0.25) is 9.59 Å². The third-order valence-electron chi connectivity index (χ3n) is 4.90. The van der Waals surface area contributed by atoms with E-state index < -0.39 is 0 Å². The number of hydrogen-bond donors (Lipinski definition) is 2. The molecule has 0 aromatic heterocycles. The molecule has 4 rings (SSSR count). The third-order valence-corrected chi connectivity index (χ3v) is 7.07. The van der Waals surface area contributed by atoms with E-state index in [9.17, 15) is 9.59 Å². The molecule has 0 spiro atoms. The largest absolute Gasteiger partial charge is 0.395 e. The van der Waals surface area contributed by atoms with Crippen molar-refractivity contribution in [2.45, 2.75) is 14.7 Å². The van der Waals surface area contributed by atoms with Crippen LogP contribution in [0.4, 0.5) is 0 Å². The molecule has 0 atom stereocenters. The summed E-state index contributed by atoms with van der Waals surface area (Å²) in [5, 5.41) is 18.3. The molecule has 0 amide bonds. The Balaban J connectivity index is 1.57. The molecule has 0 saturated carbocycles. The molecule has 3 aromatic rings. The van der Waals surface area contributed by atoms with Crippen LogP contribution in [0.15, 0.2) is 81.4 Å². The maximum atomic E-state index is 13.1. The summed E-state index contributed by atoms with van der Waals surface area (Å²) >= 11 is 2.93. The van der Waals surface area contributed by atoms with Crippen LogP contribution < -0.4 is 0 Å². The molecule has 7 heteroatoms. The summed E-state index contributed by atoms with van der Waals surface area (Å²) < 4.78 is 1.90. The molecule has 0 aliphatic heterocycles. The predicted octanol–water partition coefficient (Wildman–Crippen LogP) is 3.91. The van der Waals surface area contributed by atoms with E-state index in [-0.39, 0.29) is 24.8 Å². The molecular formula is C24H21NO4S2. The highest BCUT2D eigenvalue weighted by Crippen LogP contribution is 2.37. The lowest BCUT2D eigenvalue weighted by atomic mass is 9.84. The van der Waals surface area contributed by atoms with Gasteiger partial charge >= 0.3 is 0 Å². The molecule has 5 nitrogen and oxygen atoms in total. The normalized spacial score (nSPS) is 12.7. The highest BCUT2D eigenvalue weighted by Gasteiger charge is 2.31. The lowest BCUT2D eigenvalue weighted by molar-refractivity contribution is 0.0977. The van der Waals surface area contributed by atoms with E-state index in [2.05, 4.69) is 0 Å². The Kier molecular flexibility index (Phi) is 6.89. The van der Waals surface area contributed by atoms with Crippen LogP contribution in [0.3, 0.4) is 0 Å². The van der Waals surface area contributed by atoms with E-state index in [1.54, 1.807) is 30.3 Å². The third kappa shape index (κ3) is 4.61. The first kappa shape index (κ1) is 21.8. The van der Waals surface area contributed by atoms with Crippen LogP contribution >= 0.6 is 23.7 Å². The number of benzene rings is 3. The lowest BCUT2D eigenvalue weighted by Crippen LogP contribution is -2.22. The van der Waals surface area contributed by atoms with Gasteiger partial charge in [0.2, 0.25) is 0 Å². The number of nitrogens with zero attached hydrogens (tertiary/aromatic N) is 1. The van der Waals surface area contributed by atoms with Gasteiger partial charge < -0.3 is 10.2 Å². The summed E-state index contributed by atoms with van der Waals surface area (Å²) in [5.74, 6) is -0.239. The monoisotopic (exact) mass is 451 g/mol. The van der Waals surface area contributed by atoms with Crippen molar-refractivity contribution in [3.05, 3.63) is 89.0 Å². The van der Waals surface area contributed by atoms with Gasteiger partial charge in [0.1, 0.15) is 0 Å². The number of carbonyl (C=O) groups is 2. The van der Waals surface area contributed by atoms with Crippen LogP contribution in [-0.4, -0.2) is 52.4 Å². The summed E-state index contributed by atoms with van der Waals surface area (Å²) in [5.41, 5.74) is 1.82. The fourth-order valence-corrected chi connectivity index (χ4v) is 5.35. The topological polar surface area (TPSA) is 77.8 Å². The number of aliphatic hydroxyl groups excluding tert-OH is 2. The van der Waals surface area contributed by atoms with Gasteiger partial charge in [0.15, 0.2) is 11.6 Å². The van der Waals surface area contributed by atoms with Gasteiger partial charge in [0.25, 0.3) is 0 Å². The molecule has 1 aliphatic carbocycles. The first-order valence-electron chi connectivity index (χ1n) is 9.86. The minimum Gasteiger partial charge on any atom is -0.395 e. The van der Waals surface area contributed by atoms with Gasteiger partial charge in [-0.25, -0.2) is 4.31 Å². The van der Waals surface area contributed by atoms with Gasteiger partial charge in [0, 0.05) is 50.0 Å². The molecular weight excluding hydrogens is 430 g/mol. The molecule has 0 fully saturated rings. The van der Waals surface area contributed by atoms with Crippen LogP contribution in [0.2, 0.25) is 0 Å². The molecule has 0 unspecified atom stereocenters. The second kappa shape index (κ2) is 9.80. The number of fused-ring (bicyclic) bond motifs is 2. The number of aliphatic hydroxyl groups is 2. The zero-order valence-electron chi connectivity index (χ0n) is 16.7. The summed E-state index contributed by atoms with van der Waals surface area (Å²) in [6.45, 7) is 0.983. The SMILES string of the molecule is O=C1c2ccccc2C(=O)c2c(Sc3ccc(SN(CCO)CCO)cc3)cccc21. The van der Waals surface area contributed by atoms with Gasteiger partial charge in [-0.15, -0.1) is 0 Å². The van der Waals surface area contributed by atoms with Crippen LogP contribution in [0, 0.1) is 0 Å². The number of hydrogen-bond acceptors (Lipinski definition) is 7. The quantitative estimate of drug-likeness (QED) is 0.393. The van der Waals surface area contributed by atoms with Crippen molar-refractivity contribution in [3.8, 4) is 0 Å². The average molecular weight is 452 g/mol. The molecule has 2 N–H and O–H groups in total. The van der Waals surface area contributed by atoms with Gasteiger partial charge in [-0.05, 0) is 42.3 Å². The van der Waals surface area contributed by atoms with Gasteiger partial charge in [-0.1, -0.05) is 48.2 Å². The fourth-order valence-electron chi connectivity index (χ4n) is 3.47. The number of ketones is 2.